The molecule has 3 aromatic carbocycles. The number of aromatic nitrogens is 2. The van der Waals surface area contributed by atoms with Crippen molar-refractivity contribution in [1.29, 1.82) is 0 Å². The first kappa shape index (κ1) is 22.4. The molecule has 0 saturated heterocycles. The predicted octanol–water partition coefficient (Wildman–Crippen LogP) is 5.14. The average Bonchev–Trinajstić information content (AvgIpc) is 3.20. The largest absolute Gasteiger partial charge is 0.493 e. The summed E-state index contributed by atoms with van der Waals surface area (Å²) in [4.78, 5) is 17.4. The zero-order valence-corrected chi connectivity index (χ0v) is 19.1. The lowest BCUT2D eigenvalue weighted by atomic mass is 10.1. The monoisotopic (exact) mass is 443 g/mol. The Balaban J connectivity index is 1.38. The Morgan fingerprint density at radius 3 is 2.58 bits per heavy atom. The molecule has 0 aliphatic heterocycles. The highest BCUT2D eigenvalue weighted by Crippen LogP contribution is 2.26. The first-order valence-corrected chi connectivity index (χ1v) is 11.2. The second kappa shape index (κ2) is 10.7. The summed E-state index contributed by atoms with van der Waals surface area (Å²) in [5, 5.41) is 3.02. The molecule has 1 amide bonds. The van der Waals surface area contributed by atoms with Gasteiger partial charge >= 0.3 is 0 Å². The summed E-state index contributed by atoms with van der Waals surface area (Å²) < 4.78 is 13.4. The summed E-state index contributed by atoms with van der Waals surface area (Å²) in [5.41, 5.74) is 3.72. The number of hydrogen-bond acceptors (Lipinski definition) is 4. The Hall–Kier alpha value is -3.80. The van der Waals surface area contributed by atoms with E-state index in [2.05, 4.69) is 16.0 Å². The van der Waals surface area contributed by atoms with Crippen molar-refractivity contribution in [1.82, 2.24) is 14.9 Å². The van der Waals surface area contributed by atoms with Crippen LogP contribution in [0.25, 0.3) is 11.0 Å². The number of methoxy groups -OCH3 is 1. The number of fused-ring (bicyclic) bond motifs is 1. The van der Waals surface area contributed by atoms with E-state index in [1.54, 1.807) is 7.11 Å². The third-order valence-corrected chi connectivity index (χ3v) is 5.52. The lowest BCUT2D eigenvalue weighted by Gasteiger charge is -2.12. The number of hydrogen-bond donors (Lipinski definition) is 1. The quantitative estimate of drug-likeness (QED) is 0.345. The van der Waals surface area contributed by atoms with Crippen molar-refractivity contribution in [3.8, 4) is 11.5 Å². The van der Waals surface area contributed by atoms with Crippen LogP contribution in [-0.2, 0) is 13.1 Å². The van der Waals surface area contributed by atoms with Gasteiger partial charge in [-0.15, -0.1) is 0 Å². The normalized spacial score (nSPS) is 10.8. The molecular formula is C27H29N3O3. The number of imidazole rings is 1. The molecule has 0 aliphatic carbocycles. The molecule has 6 nitrogen and oxygen atoms in total. The molecule has 170 valence electrons. The number of aryl methyl sites for hydroxylation is 2. The van der Waals surface area contributed by atoms with Gasteiger partial charge in [-0.1, -0.05) is 42.0 Å². The van der Waals surface area contributed by atoms with Crippen molar-refractivity contribution < 1.29 is 14.3 Å². The van der Waals surface area contributed by atoms with Crippen LogP contribution in [0.1, 0.15) is 34.6 Å². The minimum Gasteiger partial charge on any atom is -0.493 e. The first-order valence-electron chi connectivity index (χ1n) is 11.2. The third kappa shape index (κ3) is 5.52. The molecule has 0 atom stereocenters. The Morgan fingerprint density at radius 2 is 1.76 bits per heavy atom. The summed E-state index contributed by atoms with van der Waals surface area (Å²) in [7, 11) is 1.64. The van der Waals surface area contributed by atoms with Gasteiger partial charge in [0.15, 0.2) is 11.5 Å². The van der Waals surface area contributed by atoms with Crippen molar-refractivity contribution in [2.75, 3.05) is 13.7 Å². The number of nitrogens with zero attached hydrogens (tertiary/aromatic N) is 2. The molecule has 1 N–H and O–H groups in total. The Morgan fingerprint density at radius 1 is 0.970 bits per heavy atom. The standard InChI is InChI=1S/C27H29N3O3/c1-20-10-9-11-21(18-20)27(31)28-19-26-29-22-12-3-4-13-23(22)30(26)16-7-8-17-33-25-15-6-5-14-24(25)32-2/h3-6,9-15,18H,7-8,16-17,19H2,1-2H3,(H,28,31). The van der Waals surface area contributed by atoms with Crippen molar-refractivity contribution in [3.05, 3.63) is 89.7 Å². The molecule has 0 bridgehead atoms. The predicted molar refractivity (Wildman–Crippen MR) is 130 cm³/mol. The lowest BCUT2D eigenvalue weighted by Crippen LogP contribution is -2.25. The van der Waals surface area contributed by atoms with Gasteiger partial charge in [0.05, 0.1) is 31.3 Å². The van der Waals surface area contributed by atoms with E-state index >= 15 is 0 Å². The van der Waals surface area contributed by atoms with Gasteiger partial charge in [0.1, 0.15) is 5.82 Å². The van der Waals surface area contributed by atoms with Crippen molar-refractivity contribution in [2.24, 2.45) is 0 Å². The fraction of sp³-hybridized carbons (Fsp3) is 0.259. The summed E-state index contributed by atoms with van der Waals surface area (Å²) in [5.74, 6) is 2.25. The molecule has 0 spiro atoms. The molecule has 6 heteroatoms. The van der Waals surface area contributed by atoms with Gasteiger partial charge in [-0.05, 0) is 56.2 Å². The highest BCUT2D eigenvalue weighted by Gasteiger charge is 2.12. The Labute approximate surface area is 194 Å². The van der Waals surface area contributed by atoms with Crippen LogP contribution in [-0.4, -0.2) is 29.2 Å². The van der Waals surface area contributed by atoms with Crippen LogP contribution in [0.15, 0.2) is 72.8 Å². The van der Waals surface area contributed by atoms with Crippen LogP contribution in [0.3, 0.4) is 0 Å². The average molecular weight is 444 g/mol. The summed E-state index contributed by atoms with van der Waals surface area (Å²) in [6, 6.07) is 23.3. The van der Waals surface area contributed by atoms with Gasteiger partial charge in [-0.3, -0.25) is 4.79 Å². The fourth-order valence-electron chi connectivity index (χ4n) is 3.85. The highest BCUT2D eigenvalue weighted by molar-refractivity contribution is 5.94. The van der Waals surface area contributed by atoms with Crippen LogP contribution in [0.5, 0.6) is 11.5 Å². The molecule has 0 aliphatic rings. The van der Waals surface area contributed by atoms with Crippen molar-refractivity contribution >= 4 is 16.9 Å². The maximum absolute atomic E-state index is 12.6. The summed E-state index contributed by atoms with van der Waals surface area (Å²) in [6.07, 6.45) is 1.81. The third-order valence-electron chi connectivity index (χ3n) is 5.52. The molecule has 4 aromatic rings. The zero-order chi connectivity index (χ0) is 23.0. The van der Waals surface area contributed by atoms with Gasteiger partial charge in [-0.25, -0.2) is 4.98 Å². The number of rotatable bonds is 10. The molecule has 0 saturated carbocycles. The molecule has 0 unspecified atom stereocenters. The second-order valence-corrected chi connectivity index (χ2v) is 7.93. The summed E-state index contributed by atoms with van der Waals surface area (Å²) >= 11 is 0. The van der Waals surface area contributed by atoms with E-state index in [-0.39, 0.29) is 5.91 Å². The number of carbonyl (C=O) groups excluding carboxylic acids is 1. The molecule has 4 rings (SSSR count). The number of amides is 1. The fourth-order valence-corrected chi connectivity index (χ4v) is 3.85. The second-order valence-electron chi connectivity index (χ2n) is 7.93. The molecule has 1 aromatic heterocycles. The number of nitrogens with one attached hydrogen (secondary N) is 1. The van der Waals surface area contributed by atoms with Crippen LogP contribution in [0.4, 0.5) is 0 Å². The molecular weight excluding hydrogens is 414 g/mol. The SMILES string of the molecule is COc1ccccc1OCCCCn1c(CNC(=O)c2cccc(C)c2)nc2ccccc21. The highest BCUT2D eigenvalue weighted by atomic mass is 16.5. The van der Waals surface area contributed by atoms with E-state index in [9.17, 15) is 4.79 Å². The van der Waals surface area contributed by atoms with Crippen LogP contribution in [0, 0.1) is 6.92 Å². The molecule has 0 fully saturated rings. The van der Waals surface area contributed by atoms with E-state index in [0.29, 0.717) is 18.7 Å². The van der Waals surface area contributed by atoms with Crippen LogP contribution in [0.2, 0.25) is 0 Å². The van der Waals surface area contributed by atoms with Gasteiger partial charge in [0.25, 0.3) is 5.91 Å². The number of benzene rings is 3. The lowest BCUT2D eigenvalue weighted by molar-refractivity contribution is 0.0949. The molecule has 33 heavy (non-hydrogen) atoms. The van der Waals surface area contributed by atoms with E-state index in [4.69, 9.17) is 14.5 Å². The molecule has 0 radical (unpaired) electrons. The van der Waals surface area contributed by atoms with E-state index in [1.165, 1.54) is 0 Å². The summed E-state index contributed by atoms with van der Waals surface area (Å²) in [6.45, 7) is 3.75. The van der Waals surface area contributed by atoms with E-state index in [0.717, 1.165) is 53.3 Å². The van der Waals surface area contributed by atoms with E-state index in [1.807, 2.05) is 73.7 Å². The first-order chi connectivity index (χ1) is 16.2. The Bertz CT molecular complexity index is 1230. The van der Waals surface area contributed by atoms with Crippen LogP contribution >= 0.6 is 0 Å². The van der Waals surface area contributed by atoms with Gasteiger partial charge < -0.3 is 19.4 Å². The minimum absolute atomic E-state index is 0.0949. The van der Waals surface area contributed by atoms with Gasteiger partial charge in [0.2, 0.25) is 0 Å². The van der Waals surface area contributed by atoms with Crippen molar-refractivity contribution in [2.45, 2.75) is 32.9 Å². The molecule has 1 heterocycles. The Kier molecular flexibility index (Phi) is 7.25. The maximum Gasteiger partial charge on any atom is 0.251 e. The van der Waals surface area contributed by atoms with E-state index < -0.39 is 0 Å². The smallest absolute Gasteiger partial charge is 0.251 e. The minimum atomic E-state index is -0.0949. The number of para-hydroxylation sites is 4. The number of unbranched alkanes of at least 4 members (excludes halogenated alkanes) is 1. The van der Waals surface area contributed by atoms with Gasteiger partial charge in [0, 0.05) is 12.1 Å². The number of carbonyl (C=O) groups is 1. The maximum atomic E-state index is 12.6. The zero-order valence-electron chi connectivity index (χ0n) is 19.1. The topological polar surface area (TPSA) is 65.4 Å². The van der Waals surface area contributed by atoms with Gasteiger partial charge in [-0.2, -0.15) is 0 Å². The van der Waals surface area contributed by atoms with Crippen LogP contribution < -0.4 is 14.8 Å². The van der Waals surface area contributed by atoms with Crippen molar-refractivity contribution in [3.63, 3.8) is 0 Å². The number of ether oxygens (including phenoxy) is 2.